The Hall–Kier alpha value is -12.2. The van der Waals surface area contributed by atoms with Crippen LogP contribution in [0, 0.1) is 134 Å². The van der Waals surface area contributed by atoms with Crippen LogP contribution < -0.4 is 0 Å². The molecule has 0 fully saturated rings. The maximum absolute atomic E-state index is 14.7. The zero-order valence-electron chi connectivity index (χ0n) is 92.6. The first-order valence-electron chi connectivity index (χ1n) is 53.8. The Morgan fingerprint density at radius 2 is 0.745 bits per heavy atom. The second kappa shape index (κ2) is 54.3. The lowest BCUT2D eigenvalue weighted by Crippen LogP contribution is -2.46. The SMILES string of the molecule is CCCCC(CC)CN(CC(CC)CCCC)C1=NC(c2c(C)cc(C)cc2C)=C(/C=C2\C(=O)C(C(C(C)=O)C(=O)c3ccccc3)C(=O)C(C#N)=C2C)C1.CCCCN(CCCC)C1=NC(c2c(C)cc(C)cc2C)=C(/C=C2\C(=O)C(C(C)C(=O)C(C)C)C(=O)C(C#N)=C2C)C1.CCCCN(CCCC)C1=NC(c2c(CC)cc(CC)cc2CC)=C(/C=C2\C(=O)C(C(C(C)=O)C(=O)C(C)(C)C)C(=O)C(C#N)=C2C)C1. The van der Waals surface area contributed by atoms with E-state index in [4.69, 9.17) is 15.0 Å². The Bertz CT molecular complexity index is 6060. The summed E-state index contributed by atoms with van der Waals surface area (Å²) >= 11 is 0. The first kappa shape index (κ1) is 118. The summed E-state index contributed by atoms with van der Waals surface area (Å²) < 4.78 is 0. The van der Waals surface area contributed by atoms with Crippen LogP contribution in [-0.2, 0) is 67.2 Å². The number of nitriles is 3. The highest BCUT2D eigenvalue weighted by Crippen LogP contribution is 2.46. The van der Waals surface area contributed by atoms with E-state index in [2.05, 4.69) is 169 Å². The van der Waals surface area contributed by atoms with E-state index in [1.165, 1.54) is 48.9 Å². The molecule has 4 aromatic rings. The molecule has 774 valence electrons. The van der Waals surface area contributed by atoms with Crippen LogP contribution in [-0.4, -0.2) is 135 Å². The molecule has 20 nitrogen and oxygen atoms in total. The molecule has 3 heterocycles. The van der Waals surface area contributed by atoms with Gasteiger partial charge in [-0.2, -0.15) is 15.8 Å². The van der Waals surface area contributed by atoms with Crippen LogP contribution in [0.5, 0.6) is 0 Å². The molecule has 0 bridgehead atoms. The lowest BCUT2D eigenvalue weighted by Gasteiger charge is -2.32. The van der Waals surface area contributed by atoms with Crippen molar-refractivity contribution in [2.24, 2.45) is 73.7 Å². The molecule has 0 spiro atoms. The molecule has 3 aliphatic carbocycles. The monoisotopic (exact) mass is 1970 g/mol. The summed E-state index contributed by atoms with van der Waals surface area (Å²) in [6.07, 6.45) is 27.1. The van der Waals surface area contributed by atoms with Crippen molar-refractivity contribution in [1.29, 1.82) is 15.8 Å². The minimum atomic E-state index is -1.63. The molecule has 20 heteroatoms. The van der Waals surface area contributed by atoms with Gasteiger partial charge in [0.2, 0.25) is 0 Å². The molecular weight excluding hydrogens is 1800 g/mol. The van der Waals surface area contributed by atoms with Gasteiger partial charge in [-0.3, -0.25) is 52.7 Å². The molecule has 8 unspecified atom stereocenters. The van der Waals surface area contributed by atoms with Crippen LogP contribution in [0.25, 0.3) is 17.1 Å². The third-order valence-electron chi connectivity index (χ3n) is 29.8. The minimum absolute atomic E-state index is 0.0363. The van der Waals surface area contributed by atoms with E-state index in [0.717, 1.165) is 244 Å². The summed E-state index contributed by atoms with van der Waals surface area (Å²) in [5.74, 6) is -10.7. The number of aryl methyl sites for hydroxylation is 9. The molecule has 0 amide bonds. The van der Waals surface area contributed by atoms with Crippen molar-refractivity contribution in [2.45, 2.75) is 335 Å². The zero-order valence-corrected chi connectivity index (χ0v) is 92.6. The molecule has 8 atom stereocenters. The fraction of sp³-hybridized carbons (Fsp3) is 0.528. The first-order valence-corrected chi connectivity index (χ1v) is 53.8. The maximum atomic E-state index is 14.7. The van der Waals surface area contributed by atoms with E-state index in [9.17, 15) is 68.5 Å². The number of unbranched alkanes of at least 4 members (excludes halogenated alkanes) is 6. The Morgan fingerprint density at radius 1 is 0.421 bits per heavy atom. The quantitative estimate of drug-likeness (QED) is 0.0226. The van der Waals surface area contributed by atoms with E-state index in [1.807, 2.05) is 24.3 Å². The largest absolute Gasteiger partial charge is 0.360 e. The lowest BCUT2D eigenvalue weighted by atomic mass is 9.67. The molecule has 6 aliphatic rings. The van der Waals surface area contributed by atoms with Crippen LogP contribution in [0.2, 0.25) is 0 Å². The normalized spacial score (nSPS) is 18.6. The van der Waals surface area contributed by atoms with Gasteiger partial charge in [0.05, 0.1) is 51.6 Å². The van der Waals surface area contributed by atoms with E-state index in [-0.39, 0.29) is 62.1 Å². The van der Waals surface area contributed by atoms with Gasteiger partial charge in [0.25, 0.3) is 0 Å². The summed E-state index contributed by atoms with van der Waals surface area (Å²) in [6, 6.07) is 27.4. The van der Waals surface area contributed by atoms with Gasteiger partial charge in [-0.25, -0.2) is 15.0 Å². The highest BCUT2D eigenvalue weighted by molar-refractivity contribution is 6.30. The van der Waals surface area contributed by atoms with E-state index in [1.54, 1.807) is 105 Å². The number of allylic oxidation sites excluding steroid dienone is 12. The predicted molar refractivity (Wildman–Crippen MR) is 586 cm³/mol. The number of hydrogen-bond donors (Lipinski definition) is 0. The van der Waals surface area contributed by atoms with Gasteiger partial charge < -0.3 is 14.7 Å². The molecule has 4 aromatic carbocycles. The van der Waals surface area contributed by atoms with Crippen molar-refractivity contribution in [1.82, 2.24) is 14.7 Å². The summed E-state index contributed by atoms with van der Waals surface area (Å²) in [4.78, 5) is 174. The standard InChI is InChI=1S/C48H61N3O4.C41H55N3O4.C36H47N3O3/c1-10-14-19-35(12-3)28-51(29-36(13-4)20-15-11-2)41-26-38(45(50-41)42-31(6)23-30(5)24-32(42)7)25-39-33(8)40(27-49)48(55)44(47(39)54)43(34(9)52)46(53)37-21-17-16-18-22-37;1-11-16-18-44(19-17-12-2)33-23-30(37(43-33)35-28(14-4)20-27(13-3)21-29(35)15-5)22-31-25(6)32(24-42)39(47)36(38(31)46)34(26(7)45)40(48)41(8,9)10;1-10-12-14-39(15-13-11-2)30-19-27(33(38-30)31-23(6)16-22(5)17-24(31)7)18-28-25(8)29(20-37)36(42)32(35(28)41)26(9)34(40)21(3)4/h16-18,21-25,35-36,43-44H,10-15,19-20,26,28-29H2,1-9H3;20-22,34,36H,11-19,23H2,1-10H3;16-18,21,26,32H,10-15,19H2,1-9H3/b39-25-;31-22-;28-18-. The maximum Gasteiger partial charge on any atom is 0.185 e. The van der Waals surface area contributed by atoms with Crippen LogP contribution in [0.15, 0.2) is 167 Å². The number of amidine groups is 3. The third kappa shape index (κ3) is 28.0. The second-order valence-corrected chi connectivity index (χ2v) is 42.3. The lowest BCUT2D eigenvalue weighted by molar-refractivity contribution is -0.146. The smallest absolute Gasteiger partial charge is 0.185 e. The number of benzene rings is 4. The molecule has 3 aliphatic heterocycles. The van der Waals surface area contributed by atoms with Gasteiger partial charge in [0.1, 0.15) is 70.7 Å². The van der Waals surface area contributed by atoms with Gasteiger partial charge in [-0.15, -0.1) is 0 Å². The summed E-state index contributed by atoms with van der Waals surface area (Å²) in [5.41, 5.74) is 18.9. The molecule has 0 saturated heterocycles. The van der Waals surface area contributed by atoms with Crippen molar-refractivity contribution in [3.63, 3.8) is 0 Å². The number of ketones is 11. The number of aliphatic imine (C=N–C) groups is 3. The highest BCUT2D eigenvalue weighted by Gasteiger charge is 2.52. The molecule has 145 heavy (non-hydrogen) atoms. The fourth-order valence-electron chi connectivity index (χ4n) is 21.4. The van der Waals surface area contributed by atoms with Crippen molar-refractivity contribution in [3.05, 3.63) is 224 Å². The topological polar surface area (TPSA) is 306 Å². The molecular formula is C125H163N9O11. The van der Waals surface area contributed by atoms with E-state index >= 15 is 0 Å². The highest BCUT2D eigenvalue weighted by atomic mass is 16.2. The van der Waals surface area contributed by atoms with Gasteiger partial charge in [0, 0.05) is 115 Å². The summed E-state index contributed by atoms with van der Waals surface area (Å²) in [7, 11) is 0. The average molecular weight is 1970 g/mol. The molecule has 0 aromatic heterocycles. The van der Waals surface area contributed by atoms with Crippen LogP contribution >= 0.6 is 0 Å². The third-order valence-corrected chi connectivity index (χ3v) is 29.8. The number of carbonyl (C=O) groups excluding carboxylic acids is 11. The van der Waals surface area contributed by atoms with E-state index in [0.29, 0.717) is 42.2 Å². The average Bonchev–Trinajstić information content (AvgIpc) is 0.992. The van der Waals surface area contributed by atoms with Crippen LogP contribution in [0.4, 0.5) is 0 Å². The zero-order chi connectivity index (χ0) is 108. The Kier molecular flexibility index (Phi) is 44.2. The number of rotatable bonds is 43. The molecule has 0 saturated carbocycles. The molecule has 0 radical (unpaired) electrons. The second-order valence-electron chi connectivity index (χ2n) is 42.3. The van der Waals surface area contributed by atoms with Crippen molar-refractivity contribution in [3.8, 4) is 18.2 Å². The first-order chi connectivity index (χ1) is 68.9. The van der Waals surface area contributed by atoms with Crippen LogP contribution in [0.1, 0.15) is 351 Å². The number of Topliss-reactive ketones (excluding diaryl/α,β-unsaturated/α-hetero) is 11. The Morgan fingerprint density at radius 3 is 1.05 bits per heavy atom. The van der Waals surface area contributed by atoms with E-state index < -0.39 is 93.0 Å². The predicted octanol–water partition coefficient (Wildman–Crippen LogP) is 26.0. The number of hydrogen-bond acceptors (Lipinski definition) is 20. The van der Waals surface area contributed by atoms with Crippen LogP contribution in [0.3, 0.4) is 0 Å². The summed E-state index contributed by atoms with van der Waals surface area (Å²) in [5, 5.41) is 30.4. The van der Waals surface area contributed by atoms with Gasteiger partial charge in [0.15, 0.2) is 40.5 Å². The molecule has 0 N–H and O–H groups in total. The van der Waals surface area contributed by atoms with Gasteiger partial charge >= 0.3 is 0 Å². The molecule has 10 rings (SSSR count). The van der Waals surface area contributed by atoms with Crippen molar-refractivity contribution < 1.29 is 52.7 Å². The van der Waals surface area contributed by atoms with Crippen molar-refractivity contribution >= 4 is 98.2 Å². The number of carbonyl (C=O) groups is 11. The fourth-order valence-corrected chi connectivity index (χ4v) is 21.4. The Balaban J connectivity index is 0.000000268. The minimum Gasteiger partial charge on any atom is -0.360 e. The Labute approximate surface area is 866 Å². The summed E-state index contributed by atoms with van der Waals surface area (Å²) in [6.45, 7) is 59.6. The van der Waals surface area contributed by atoms with Gasteiger partial charge in [-0.05, 0) is 236 Å². The number of nitrogens with zero attached hydrogens (tertiary/aromatic N) is 9. The van der Waals surface area contributed by atoms with Gasteiger partial charge in [-0.1, -0.05) is 260 Å². The van der Waals surface area contributed by atoms with Crippen molar-refractivity contribution in [2.75, 3.05) is 39.3 Å².